The predicted octanol–water partition coefficient (Wildman–Crippen LogP) is 6.90. The minimum atomic E-state index is -0.0691. The Labute approximate surface area is 223 Å². The van der Waals surface area contributed by atoms with E-state index in [4.69, 9.17) is 4.74 Å². The van der Waals surface area contributed by atoms with Gasteiger partial charge in [0.05, 0.1) is 18.9 Å². The summed E-state index contributed by atoms with van der Waals surface area (Å²) in [5, 5.41) is 10.2. The van der Waals surface area contributed by atoms with Crippen LogP contribution in [0.4, 0.5) is 10.5 Å². The Kier molecular flexibility index (Phi) is 7.20. The SMILES string of the molecule is O=C(Nc1cccc2ccccc12)N(CCCN1CCOCC1)Cc1c2ccccc2cc2ccccc12. The molecule has 5 nitrogen and oxygen atoms in total. The Hall–Kier alpha value is -3.93. The van der Waals surface area contributed by atoms with Crippen molar-refractivity contribution in [3.05, 3.63) is 103 Å². The van der Waals surface area contributed by atoms with E-state index in [9.17, 15) is 4.79 Å². The molecular weight excluding hydrogens is 470 g/mol. The summed E-state index contributed by atoms with van der Waals surface area (Å²) in [5.74, 6) is 0. The van der Waals surface area contributed by atoms with Crippen molar-refractivity contribution in [3.63, 3.8) is 0 Å². The highest BCUT2D eigenvalue weighted by atomic mass is 16.5. The second-order valence-corrected chi connectivity index (χ2v) is 9.98. The zero-order valence-electron chi connectivity index (χ0n) is 21.6. The van der Waals surface area contributed by atoms with Crippen molar-refractivity contribution in [2.45, 2.75) is 13.0 Å². The van der Waals surface area contributed by atoms with Gasteiger partial charge in [-0.05, 0) is 51.0 Å². The monoisotopic (exact) mass is 503 g/mol. The van der Waals surface area contributed by atoms with Crippen molar-refractivity contribution in [2.75, 3.05) is 44.7 Å². The highest BCUT2D eigenvalue weighted by Gasteiger charge is 2.19. The number of urea groups is 1. The number of anilines is 1. The summed E-state index contributed by atoms with van der Waals surface area (Å²) in [6.45, 7) is 5.65. The molecule has 5 aromatic rings. The first kappa shape index (κ1) is 24.4. The van der Waals surface area contributed by atoms with Crippen molar-refractivity contribution < 1.29 is 9.53 Å². The zero-order valence-corrected chi connectivity index (χ0v) is 21.6. The summed E-state index contributed by atoms with van der Waals surface area (Å²) in [7, 11) is 0. The second kappa shape index (κ2) is 11.2. The Balaban J connectivity index is 1.32. The molecule has 0 radical (unpaired) electrons. The summed E-state index contributed by atoms with van der Waals surface area (Å²) >= 11 is 0. The van der Waals surface area contributed by atoms with Gasteiger partial charge in [-0.3, -0.25) is 4.90 Å². The van der Waals surface area contributed by atoms with Crippen molar-refractivity contribution >= 4 is 44.0 Å². The standard InChI is InChI=1S/C33H33N3O2/c37-33(34-32-16-7-12-25-9-1-6-15-30(25)32)36(18-8-17-35-19-21-38-22-20-35)24-31-28-13-4-2-10-26(28)23-27-11-3-5-14-29(27)31/h1-7,9-16,23H,8,17-22,24H2,(H,34,37). The van der Waals surface area contributed by atoms with Crippen LogP contribution in [0.5, 0.6) is 0 Å². The summed E-state index contributed by atoms with van der Waals surface area (Å²) < 4.78 is 5.51. The van der Waals surface area contributed by atoms with Gasteiger partial charge in [0.2, 0.25) is 0 Å². The Morgan fingerprint density at radius 1 is 0.763 bits per heavy atom. The Morgan fingerprint density at radius 3 is 2.08 bits per heavy atom. The maximum absolute atomic E-state index is 13.9. The number of nitrogens with zero attached hydrogens (tertiary/aromatic N) is 2. The van der Waals surface area contributed by atoms with Gasteiger partial charge in [-0.15, -0.1) is 0 Å². The molecule has 1 heterocycles. The second-order valence-electron chi connectivity index (χ2n) is 9.98. The first-order chi connectivity index (χ1) is 18.8. The lowest BCUT2D eigenvalue weighted by Crippen LogP contribution is -2.40. The third-order valence-electron chi connectivity index (χ3n) is 7.56. The molecule has 1 saturated heterocycles. The fourth-order valence-corrected chi connectivity index (χ4v) is 5.56. The first-order valence-electron chi connectivity index (χ1n) is 13.5. The van der Waals surface area contributed by atoms with Gasteiger partial charge in [-0.1, -0.05) is 84.9 Å². The molecule has 6 rings (SSSR count). The van der Waals surface area contributed by atoms with Crippen molar-refractivity contribution in [1.82, 2.24) is 9.80 Å². The number of amides is 2. The molecule has 1 N–H and O–H groups in total. The molecule has 0 spiro atoms. The topological polar surface area (TPSA) is 44.8 Å². The van der Waals surface area contributed by atoms with Crippen molar-refractivity contribution in [3.8, 4) is 0 Å². The third-order valence-corrected chi connectivity index (χ3v) is 7.56. The molecule has 5 heteroatoms. The van der Waals surface area contributed by atoms with Crippen LogP contribution in [0.3, 0.4) is 0 Å². The Morgan fingerprint density at radius 2 is 1.37 bits per heavy atom. The maximum Gasteiger partial charge on any atom is 0.322 e. The number of rotatable bonds is 7. The molecule has 0 atom stereocenters. The van der Waals surface area contributed by atoms with Crippen LogP contribution in [-0.2, 0) is 11.3 Å². The molecule has 0 bridgehead atoms. The van der Waals surface area contributed by atoms with Gasteiger partial charge in [0.25, 0.3) is 0 Å². The molecule has 38 heavy (non-hydrogen) atoms. The fraction of sp³-hybridized carbons (Fsp3) is 0.242. The average molecular weight is 504 g/mol. The predicted molar refractivity (Wildman–Crippen MR) is 157 cm³/mol. The van der Waals surface area contributed by atoms with Gasteiger partial charge in [0.15, 0.2) is 0 Å². The molecule has 0 aliphatic carbocycles. The molecule has 1 aliphatic rings. The van der Waals surface area contributed by atoms with E-state index in [0.29, 0.717) is 13.1 Å². The molecule has 0 unspecified atom stereocenters. The van der Waals surface area contributed by atoms with E-state index in [2.05, 4.69) is 83.0 Å². The summed E-state index contributed by atoms with van der Waals surface area (Å²) in [6.07, 6.45) is 0.908. The number of hydrogen-bond acceptors (Lipinski definition) is 3. The molecule has 0 aromatic heterocycles. The number of hydrogen-bond donors (Lipinski definition) is 1. The van der Waals surface area contributed by atoms with E-state index < -0.39 is 0 Å². The lowest BCUT2D eigenvalue weighted by atomic mass is 9.96. The van der Waals surface area contributed by atoms with Gasteiger partial charge < -0.3 is 15.0 Å². The van der Waals surface area contributed by atoms with Crippen LogP contribution in [0, 0.1) is 0 Å². The number of carbonyl (C=O) groups is 1. The van der Waals surface area contributed by atoms with E-state index in [1.807, 2.05) is 29.2 Å². The van der Waals surface area contributed by atoms with Gasteiger partial charge in [0.1, 0.15) is 0 Å². The van der Waals surface area contributed by atoms with Crippen LogP contribution in [0.25, 0.3) is 32.3 Å². The summed E-state index contributed by atoms with van der Waals surface area (Å²) in [6, 6.07) is 33.4. The van der Waals surface area contributed by atoms with Gasteiger partial charge >= 0.3 is 6.03 Å². The fourth-order valence-electron chi connectivity index (χ4n) is 5.56. The lowest BCUT2D eigenvalue weighted by molar-refractivity contribution is 0.0365. The number of morpholine rings is 1. The number of ether oxygens (including phenoxy) is 1. The van der Waals surface area contributed by atoms with E-state index in [1.54, 1.807) is 0 Å². The highest BCUT2D eigenvalue weighted by Crippen LogP contribution is 2.30. The smallest absolute Gasteiger partial charge is 0.322 e. The summed E-state index contributed by atoms with van der Waals surface area (Å²) in [4.78, 5) is 18.3. The maximum atomic E-state index is 13.9. The molecule has 0 saturated carbocycles. The molecule has 2 amide bonds. The van der Waals surface area contributed by atoms with Gasteiger partial charge in [-0.25, -0.2) is 4.79 Å². The zero-order chi connectivity index (χ0) is 25.7. The highest BCUT2D eigenvalue weighted by molar-refractivity contribution is 6.04. The first-order valence-corrected chi connectivity index (χ1v) is 13.5. The van der Waals surface area contributed by atoms with Gasteiger partial charge in [-0.2, -0.15) is 0 Å². The van der Waals surface area contributed by atoms with Crippen LogP contribution in [-0.4, -0.2) is 55.2 Å². The van der Waals surface area contributed by atoms with E-state index in [0.717, 1.165) is 55.7 Å². The van der Waals surface area contributed by atoms with E-state index >= 15 is 0 Å². The van der Waals surface area contributed by atoms with Crippen LogP contribution >= 0.6 is 0 Å². The van der Waals surface area contributed by atoms with Crippen LogP contribution in [0.2, 0.25) is 0 Å². The average Bonchev–Trinajstić information content (AvgIpc) is 2.97. The molecular formula is C33H33N3O2. The van der Waals surface area contributed by atoms with Crippen molar-refractivity contribution in [2.24, 2.45) is 0 Å². The largest absolute Gasteiger partial charge is 0.379 e. The normalized spacial score (nSPS) is 14.2. The van der Waals surface area contributed by atoms with Crippen LogP contribution in [0.1, 0.15) is 12.0 Å². The molecule has 1 fully saturated rings. The van der Waals surface area contributed by atoms with E-state index in [1.165, 1.54) is 27.1 Å². The minimum Gasteiger partial charge on any atom is -0.379 e. The lowest BCUT2D eigenvalue weighted by Gasteiger charge is -2.29. The van der Waals surface area contributed by atoms with E-state index in [-0.39, 0.29) is 6.03 Å². The third kappa shape index (κ3) is 5.21. The summed E-state index contributed by atoms with van der Waals surface area (Å²) in [5.41, 5.74) is 2.03. The van der Waals surface area contributed by atoms with Crippen molar-refractivity contribution in [1.29, 1.82) is 0 Å². The number of nitrogens with one attached hydrogen (secondary N) is 1. The quantitative estimate of drug-likeness (QED) is 0.246. The van der Waals surface area contributed by atoms with Crippen LogP contribution in [0.15, 0.2) is 97.1 Å². The molecule has 1 aliphatic heterocycles. The number of carbonyl (C=O) groups excluding carboxylic acids is 1. The molecule has 5 aromatic carbocycles. The van der Waals surface area contributed by atoms with Gasteiger partial charge in [0, 0.05) is 38.1 Å². The number of fused-ring (bicyclic) bond motifs is 3. The van der Waals surface area contributed by atoms with Crippen LogP contribution < -0.4 is 5.32 Å². The molecule has 192 valence electrons. The Bertz CT molecular complexity index is 1520. The minimum absolute atomic E-state index is 0.0691. The number of benzene rings is 5.